The molecule has 0 saturated carbocycles. The molecule has 1 unspecified atom stereocenters. The van der Waals surface area contributed by atoms with Gasteiger partial charge >= 0.3 is 0 Å². The topological polar surface area (TPSA) is 61.7 Å². The summed E-state index contributed by atoms with van der Waals surface area (Å²) in [6, 6.07) is 2.49. The number of aromatic nitrogens is 4. The van der Waals surface area contributed by atoms with E-state index in [1.807, 2.05) is 28.7 Å². The van der Waals surface area contributed by atoms with E-state index in [2.05, 4.69) is 30.1 Å². The number of hydrogen-bond donors (Lipinski definition) is 1. The Balaban J connectivity index is 2.13. The van der Waals surface area contributed by atoms with Crippen LogP contribution in [0.1, 0.15) is 43.3 Å². The highest BCUT2D eigenvalue weighted by atomic mass is 15.3. The molecule has 0 radical (unpaired) electrons. The van der Waals surface area contributed by atoms with Gasteiger partial charge in [-0.15, -0.1) is 0 Å². The summed E-state index contributed by atoms with van der Waals surface area (Å²) in [5, 5.41) is 8.92. The minimum atomic E-state index is 0.442. The first-order chi connectivity index (χ1) is 8.65. The fraction of sp³-hybridized carbons (Fsp3) is 0.538. The Morgan fingerprint density at radius 1 is 1.44 bits per heavy atom. The summed E-state index contributed by atoms with van der Waals surface area (Å²) >= 11 is 0. The molecule has 0 aliphatic heterocycles. The summed E-state index contributed by atoms with van der Waals surface area (Å²) in [6.07, 6.45) is 4.95. The quantitative estimate of drug-likeness (QED) is 0.877. The highest BCUT2D eigenvalue weighted by molar-refractivity contribution is 5.16. The maximum absolute atomic E-state index is 5.65. The van der Waals surface area contributed by atoms with E-state index in [9.17, 15) is 0 Å². The first-order valence-electron chi connectivity index (χ1n) is 6.41. The van der Waals surface area contributed by atoms with Crippen LogP contribution in [-0.4, -0.2) is 19.6 Å². The van der Waals surface area contributed by atoms with Gasteiger partial charge < -0.3 is 5.73 Å². The van der Waals surface area contributed by atoms with E-state index in [1.165, 1.54) is 0 Å². The van der Waals surface area contributed by atoms with Gasteiger partial charge in [-0.2, -0.15) is 10.2 Å². The third-order valence-electron chi connectivity index (χ3n) is 3.44. The number of rotatable bonds is 5. The lowest BCUT2D eigenvalue weighted by Crippen LogP contribution is -2.08. The summed E-state index contributed by atoms with van der Waals surface area (Å²) in [4.78, 5) is 0. The van der Waals surface area contributed by atoms with E-state index in [0.29, 0.717) is 19.1 Å². The zero-order chi connectivity index (χ0) is 13.1. The maximum atomic E-state index is 5.65. The molecule has 2 aromatic rings. The lowest BCUT2D eigenvalue weighted by molar-refractivity contribution is 0.470. The molecule has 0 bridgehead atoms. The van der Waals surface area contributed by atoms with Crippen LogP contribution in [0.5, 0.6) is 0 Å². The number of nitrogens with zero attached hydrogens (tertiary/aromatic N) is 4. The molecule has 0 aromatic carbocycles. The van der Waals surface area contributed by atoms with Crippen molar-refractivity contribution in [1.82, 2.24) is 19.6 Å². The molecule has 98 valence electrons. The van der Waals surface area contributed by atoms with Crippen molar-refractivity contribution in [3.8, 4) is 0 Å². The second-order valence-corrected chi connectivity index (χ2v) is 4.66. The van der Waals surface area contributed by atoms with Crippen LogP contribution in [0.25, 0.3) is 0 Å². The van der Waals surface area contributed by atoms with E-state index in [1.54, 1.807) is 0 Å². The Hall–Kier alpha value is -1.62. The fourth-order valence-corrected chi connectivity index (χ4v) is 1.89. The largest absolute Gasteiger partial charge is 0.326 e. The van der Waals surface area contributed by atoms with Gasteiger partial charge in [-0.3, -0.25) is 9.36 Å². The van der Waals surface area contributed by atoms with Crippen LogP contribution < -0.4 is 5.73 Å². The third kappa shape index (κ3) is 2.46. The fourth-order valence-electron chi connectivity index (χ4n) is 1.89. The van der Waals surface area contributed by atoms with Crippen molar-refractivity contribution in [1.29, 1.82) is 0 Å². The zero-order valence-electron chi connectivity index (χ0n) is 11.3. The molecule has 0 aliphatic rings. The first kappa shape index (κ1) is 12.8. The third-order valence-corrected chi connectivity index (χ3v) is 3.44. The highest BCUT2D eigenvalue weighted by Crippen LogP contribution is 2.12. The second-order valence-electron chi connectivity index (χ2n) is 4.66. The zero-order valence-corrected chi connectivity index (χ0v) is 11.3. The van der Waals surface area contributed by atoms with E-state index < -0.39 is 0 Å². The van der Waals surface area contributed by atoms with Gasteiger partial charge in [0.25, 0.3) is 0 Å². The molecule has 5 heteroatoms. The van der Waals surface area contributed by atoms with Crippen LogP contribution in [0.3, 0.4) is 0 Å². The molecule has 2 rings (SSSR count). The lowest BCUT2D eigenvalue weighted by Gasteiger charge is -2.08. The molecular formula is C13H21N5. The van der Waals surface area contributed by atoms with Crippen molar-refractivity contribution in [3.63, 3.8) is 0 Å². The van der Waals surface area contributed by atoms with Gasteiger partial charge in [-0.25, -0.2) is 0 Å². The first-order valence-corrected chi connectivity index (χ1v) is 6.41. The molecular weight excluding hydrogens is 226 g/mol. The average Bonchev–Trinajstić information content (AvgIpc) is 2.97. The molecule has 5 nitrogen and oxygen atoms in total. The van der Waals surface area contributed by atoms with Crippen LogP contribution in [0.4, 0.5) is 0 Å². The van der Waals surface area contributed by atoms with Crippen molar-refractivity contribution in [2.45, 2.75) is 46.3 Å². The lowest BCUT2D eigenvalue weighted by atomic mass is 10.2. The molecule has 0 saturated heterocycles. The van der Waals surface area contributed by atoms with Crippen LogP contribution in [-0.2, 0) is 13.1 Å². The van der Waals surface area contributed by atoms with Gasteiger partial charge in [-0.05, 0) is 26.3 Å². The van der Waals surface area contributed by atoms with E-state index in [4.69, 9.17) is 5.73 Å². The molecule has 0 aliphatic carbocycles. The van der Waals surface area contributed by atoms with Crippen molar-refractivity contribution in [2.24, 2.45) is 5.73 Å². The standard InChI is InChI=1S/C13H21N5/c1-4-10(2)17-6-5-13(16-17)9-18-11(3)12(7-14)8-15-18/h5-6,8,10H,4,7,9,14H2,1-3H3. The van der Waals surface area contributed by atoms with Gasteiger partial charge in [0.05, 0.1) is 18.4 Å². The Labute approximate surface area is 108 Å². The average molecular weight is 247 g/mol. The van der Waals surface area contributed by atoms with Crippen LogP contribution >= 0.6 is 0 Å². The monoisotopic (exact) mass is 247 g/mol. The van der Waals surface area contributed by atoms with Crippen molar-refractivity contribution in [2.75, 3.05) is 0 Å². The SMILES string of the molecule is CCC(C)n1ccc(Cn2ncc(CN)c2C)n1. The van der Waals surface area contributed by atoms with E-state index in [-0.39, 0.29) is 0 Å². The summed E-state index contributed by atoms with van der Waals surface area (Å²) < 4.78 is 3.96. The summed E-state index contributed by atoms with van der Waals surface area (Å²) in [6.45, 7) is 7.61. The van der Waals surface area contributed by atoms with E-state index in [0.717, 1.165) is 23.4 Å². The molecule has 2 heterocycles. The van der Waals surface area contributed by atoms with Crippen LogP contribution in [0.2, 0.25) is 0 Å². The van der Waals surface area contributed by atoms with Gasteiger partial charge in [0, 0.05) is 30.0 Å². The molecule has 18 heavy (non-hydrogen) atoms. The Kier molecular flexibility index (Phi) is 3.81. The molecule has 2 N–H and O–H groups in total. The second kappa shape index (κ2) is 5.35. The van der Waals surface area contributed by atoms with Crippen LogP contribution in [0.15, 0.2) is 18.5 Å². The van der Waals surface area contributed by atoms with Crippen molar-refractivity contribution < 1.29 is 0 Å². The van der Waals surface area contributed by atoms with Gasteiger partial charge in [0.15, 0.2) is 0 Å². The van der Waals surface area contributed by atoms with Gasteiger partial charge in [0.1, 0.15) is 0 Å². The minimum absolute atomic E-state index is 0.442. The number of nitrogens with two attached hydrogens (primary N) is 1. The molecule has 0 fully saturated rings. The van der Waals surface area contributed by atoms with Gasteiger partial charge in [0.2, 0.25) is 0 Å². The number of hydrogen-bond acceptors (Lipinski definition) is 3. The predicted octanol–water partition coefficient (Wildman–Crippen LogP) is 1.87. The molecule has 0 amide bonds. The van der Waals surface area contributed by atoms with Crippen LogP contribution in [0, 0.1) is 6.92 Å². The smallest absolute Gasteiger partial charge is 0.0852 e. The summed E-state index contributed by atoms with van der Waals surface area (Å²) in [5.41, 5.74) is 8.89. The van der Waals surface area contributed by atoms with Gasteiger partial charge in [-0.1, -0.05) is 6.92 Å². The Morgan fingerprint density at radius 2 is 2.22 bits per heavy atom. The highest BCUT2D eigenvalue weighted by Gasteiger charge is 2.08. The molecule has 1 atom stereocenters. The van der Waals surface area contributed by atoms with Crippen molar-refractivity contribution >= 4 is 0 Å². The normalized spacial score (nSPS) is 12.9. The maximum Gasteiger partial charge on any atom is 0.0852 e. The molecule has 2 aromatic heterocycles. The Bertz CT molecular complexity index is 511. The molecule has 0 spiro atoms. The van der Waals surface area contributed by atoms with Crippen molar-refractivity contribution in [3.05, 3.63) is 35.4 Å². The predicted molar refractivity (Wildman–Crippen MR) is 71.2 cm³/mol. The summed E-state index contributed by atoms with van der Waals surface area (Å²) in [7, 11) is 0. The summed E-state index contributed by atoms with van der Waals surface area (Å²) in [5.74, 6) is 0. The minimum Gasteiger partial charge on any atom is -0.326 e. The van der Waals surface area contributed by atoms with E-state index >= 15 is 0 Å². The Morgan fingerprint density at radius 3 is 2.83 bits per heavy atom.